The Morgan fingerprint density at radius 3 is 2.53 bits per heavy atom. The Balaban J connectivity index is 2.38. The summed E-state index contributed by atoms with van der Waals surface area (Å²) in [6, 6.07) is 4.55. The second-order valence-electron chi connectivity index (χ2n) is 4.16. The summed E-state index contributed by atoms with van der Waals surface area (Å²) in [5.74, 6) is -1.04. The Morgan fingerprint density at radius 1 is 1.21 bits per heavy atom. The molecule has 7 nitrogen and oxygen atoms in total. The van der Waals surface area contributed by atoms with Gasteiger partial charge in [0.25, 0.3) is 0 Å². The van der Waals surface area contributed by atoms with Crippen molar-refractivity contribution in [3.05, 3.63) is 18.2 Å². The van der Waals surface area contributed by atoms with E-state index in [1.807, 2.05) is 0 Å². The lowest BCUT2D eigenvalue weighted by Crippen LogP contribution is -2.16. The summed E-state index contributed by atoms with van der Waals surface area (Å²) in [5.41, 5.74) is 6.56. The monoisotopic (exact) mass is 304 g/mol. The lowest BCUT2D eigenvalue weighted by molar-refractivity contribution is 0.459. The quantitative estimate of drug-likeness (QED) is 0.802. The maximum atomic E-state index is 11.9. The SMILES string of the molecule is CS(=O)(=O)CCS(=O)(=O)c1nc2ccc(N)cc2o1. The molecule has 0 aliphatic carbocycles. The first kappa shape index (κ1) is 13.8. The van der Waals surface area contributed by atoms with E-state index in [-0.39, 0.29) is 5.58 Å². The Hall–Kier alpha value is -1.61. The lowest BCUT2D eigenvalue weighted by Gasteiger charge is -1.97. The highest BCUT2D eigenvalue weighted by Crippen LogP contribution is 2.21. The summed E-state index contributed by atoms with van der Waals surface area (Å²) >= 11 is 0. The van der Waals surface area contributed by atoms with E-state index in [1.165, 1.54) is 12.1 Å². The number of oxazole rings is 1. The second-order valence-corrected chi connectivity index (χ2v) is 8.40. The molecule has 0 radical (unpaired) electrons. The molecule has 0 atom stereocenters. The summed E-state index contributed by atoms with van der Waals surface area (Å²) in [6.07, 6.45) is 0.968. The molecule has 2 aromatic rings. The van der Waals surface area contributed by atoms with Crippen LogP contribution in [-0.2, 0) is 19.7 Å². The van der Waals surface area contributed by atoms with E-state index in [4.69, 9.17) is 10.2 Å². The van der Waals surface area contributed by atoms with Crippen LogP contribution in [-0.4, -0.2) is 39.6 Å². The molecule has 0 unspecified atom stereocenters. The number of nitrogen functional groups attached to an aromatic ring is 1. The van der Waals surface area contributed by atoms with Gasteiger partial charge in [-0.05, 0) is 12.1 Å². The molecule has 0 amide bonds. The highest BCUT2D eigenvalue weighted by Gasteiger charge is 2.23. The van der Waals surface area contributed by atoms with Crippen molar-refractivity contribution in [2.24, 2.45) is 0 Å². The maximum absolute atomic E-state index is 11.9. The van der Waals surface area contributed by atoms with E-state index < -0.39 is 36.4 Å². The number of benzene rings is 1. The van der Waals surface area contributed by atoms with Gasteiger partial charge in [0.15, 0.2) is 5.58 Å². The van der Waals surface area contributed by atoms with Crippen molar-refractivity contribution in [3.8, 4) is 0 Å². The van der Waals surface area contributed by atoms with E-state index >= 15 is 0 Å². The fourth-order valence-electron chi connectivity index (χ4n) is 1.40. The third-order valence-electron chi connectivity index (χ3n) is 2.38. The fourth-order valence-corrected chi connectivity index (χ4v) is 4.12. The molecule has 1 aromatic heterocycles. The number of nitrogens with two attached hydrogens (primary N) is 1. The van der Waals surface area contributed by atoms with Crippen LogP contribution < -0.4 is 5.73 Å². The van der Waals surface area contributed by atoms with Gasteiger partial charge in [0.2, 0.25) is 9.84 Å². The number of hydrogen-bond acceptors (Lipinski definition) is 7. The molecule has 0 aliphatic heterocycles. The molecule has 1 aromatic carbocycles. The highest BCUT2D eigenvalue weighted by molar-refractivity contribution is 7.94. The Kier molecular flexibility index (Phi) is 3.27. The minimum absolute atomic E-state index is 0.248. The first-order chi connectivity index (χ1) is 8.67. The zero-order valence-corrected chi connectivity index (χ0v) is 11.7. The minimum atomic E-state index is -3.87. The first-order valence-electron chi connectivity index (χ1n) is 5.24. The van der Waals surface area contributed by atoms with Crippen LogP contribution in [0.15, 0.2) is 27.8 Å². The van der Waals surface area contributed by atoms with Gasteiger partial charge in [0, 0.05) is 18.0 Å². The van der Waals surface area contributed by atoms with Crippen LogP contribution >= 0.6 is 0 Å². The van der Waals surface area contributed by atoms with Crippen LogP contribution in [0.4, 0.5) is 5.69 Å². The zero-order chi connectivity index (χ0) is 14.3. The average Bonchev–Trinajstić information content (AvgIpc) is 2.69. The summed E-state index contributed by atoms with van der Waals surface area (Å²) in [6.45, 7) is 0. The normalized spacial score (nSPS) is 12.9. The molecule has 1 heterocycles. The number of nitrogens with zero attached hydrogens (tertiary/aromatic N) is 1. The van der Waals surface area contributed by atoms with E-state index in [0.29, 0.717) is 11.2 Å². The van der Waals surface area contributed by atoms with E-state index in [1.54, 1.807) is 6.07 Å². The van der Waals surface area contributed by atoms with Crippen molar-refractivity contribution < 1.29 is 21.3 Å². The number of rotatable bonds is 4. The van der Waals surface area contributed by atoms with Gasteiger partial charge < -0.3 is 10.2 Å². The topological polar surface area (TPSA) is 120 Å². The summed E-state index contributed by atoms with van der Waals surface area (Å²) in [5, 5.41) is -0.489. The van der Waals surface area contributed by atoms with Gasteiger partial charge in [0.05, 0.1) is 11.5 Å². The first-order valence-corrected chi connectivity index (χ1v) is 8.95. The van der Waals surface area contributed by atoms with Gasteiger partial charge in [-0.15, -0.1) is 0 Å². The van der Waals surface area contributed by atoms with Crippen molar-refractivity contribution >= 4 is 36.5 Å². The minimum Gasteiger partial charge on any atom is -0.428 e. The predicted octanol–water partition coefficient (Wildman–Crippen LogP) is 0.228. The van der Waals surface area contributed by atoms with Crippen molar-refractivity contribution in [2.45, 2.75) is 5.22 Å². The average molecular weight is 304 g/mol. The van der Waals surface area contributed by atoms with E-state index in [9.17, 15) is 16.8 Å². The van der Waals surface area contributed by atoms with Crippen LogP contribution in [0.3, 0.4) is 0 Å². The zero-order valence-electron chi connectivity index (χ0n) is 10.0. The number of fused-ring (bicyclic) bond motifs is 1. The van der Waals surface area contributed by atoms with Crippen molar-refractivity contribution in [3.63, 3.8) is 0 Å². The summed E-state index contributed by atoms with van der Waals surface area (Å²) in [7, 11) is -7.24. The van der Waals surface area contributed by atoms with Crippen LogP contribution in [0, 0.1) is 0 Å². The van der Waals surface area contributed by atoms with Crippen LogP contribution in [0.5, 0.6) is 0 Å². The molecule has 0 aliphatic rings. The Labute approximate surface area is 110 Å². The van der Waals surface area contributed by atoms with Crippen LogP contribution in [0.2, 0.25) is 0 Å². The third kappa shape index (κ3) is 3.24. The molecular formula is C10H12N2O5S2. The lowest BCUT2D eigenvalue weighted by atomic mass is 10.3. The molecule has 0 saturated carbocycles. The van der Waals surface area contributed by atoms with Gasteiger partial charge in [0.1, 0.15) is 15.4 Å². The Bertz CT molecular complexity index is 821. The number of hydrogen-bond donors (Lipinski definition) is 1. The molecule has 0 saturated heterocycles. The smallest absolute Gasteiger partial charge is 0.316 e. The van der Waals surface area contributed by atoms with Crippen molar-refractivity contribution in [2.75, 3.05) is 23.5 Å². The van der Waals surface area contributed by atoms with Gasteiger partial charge in [-0.1, -0.05) is 0 Å². The Morgan fingerprint density at radius 2 is 1.89 bits per heavy atom. The van der Waals surface area contributed by atoms with E-state index in [0.717, 1.165) is 6.26 Å². The van der Waals surface area contributed by atoms with Gasteiger partial charge >= 0.3 is 5.22 Å². The highest BCUT2D eigenvalue weighted by atomic mass is 32.2. The van der Waals surface area contributed by atoms with Gasteiger partial charge in [-0.2, -0.15) is 4.98 Å². The predicted molar refractivity (Wildman–Crippen MR) is 70.2 cm³/mol. The number of anilines is 1. The molecule has 104 valence electrons. The van der Waals surface area contributed by atoms with Crippen LogP contribution in [0.1, 0.15) is 0 Å². The molecular weight excluding hydrogens is 292 g/mol. The molecule has 0 fully saturated rings. The standard InChI is InChI=1S/C10H12N2O5S2/c1-18(13,14)4-5-19(15,16)10-12-8-3-2-7(11)6-9(8)17-10/h2-3,6H,4-5,11H2,1H3. The van der Waals surface area contributed by atoms with Crippen molar-refractivity contribution in [1.29, 1.82) is 0 Å². The molecule has 2 rings (SSSR count). The van der Waals surface area contributed by atoms with Crippen LogP contribution in [0.25, 0.3) is 11.1 Å². The van der Waals surface area contributed by atoms with Gasteiger partial charge in [-0.3, -0.25) is 0 Å². The molecule has 19 heavy (non-hydrogen) atoms. The summed E-state index contributed by atoms with van der Waals surface area (Å²) in [4.78, 5) is 3.82. The summed E-state index contributed by atoms with van der Waals surface area (Å²) < 4.78 is 50.9. The largest absolute Gasteiger partial charge is 0.428 e. The van der Waals surface area contributed by atoms with E-state index in [2.05, 4.69) is 4.98 Å². The van der Waals surface area contributed by atoms with Crippen molar-refractivity contribution in [1.82, 2.24) is 4.98 Å². The molecule has 2 N–H and O–H groups in total. The number of aromatic nitrogens is 1. The third-order valence-corrected chi connectivity index (χ3v) is 5.03. The molecule has 9 heteroatoms. The maximum Gasteiger partial charge on any atom is 0.316 e. The fraction of sp³-hybridized carbons (Fsp3) is 0.300. The molecule has 0 bridgehead atoms. The molecule has 0 spiro atoms. The number of sulfone groups is 2. The van der Waals surface area contributed by atoms with Gasteiger partial charge in [-0.25, -0.2) is 16.8 Å². The second kappa shape index (κ2) is 4.49.